The molecule has 0 fully saturated rings. The number of nitrogens with zero attached hydrogens (tertiary/aromatic N) is 1. The molecule has 0 saturated carbocycles. The lowest BCUT2D eigenvalue weighted by atomic mass is 10.2. The number of amides is 1. The molecule has 5 nitrogen and oxygen atoms in total. The van der Waals surface area contributed by atoms with Crippen molar-refractivity contribution in [3.05, 3.63) is 60.4 Å². The van der Waals surface area contributed by atoms with Crippen LogP contribution >= 0.6 is 0 Å². The molecule has 2 aromatic carbocycles. The molecule has 4 rings (SSSR count). The van der Waals surface area contributed by atoms with Crippen LogP contribution in [-0.4, -0.2) is 21.1 Å². The fourth-order valence-electron chi connectivity index (χ4n) is 2.46. The molecule has 0 unspecified atom stereocenters. The standard InChI is InChI=1S/C16H12N4O/c21-16(15-12-3-1-2-4-14(12)19-20-15)18-11-5-6-13-10(9-11)7-8-17-13/h1-9,17H,(H,18,21)(H,19,20). The minimum Gasteiger partial charge on any atom is -0.361 e. The molecule has 0 aliphatic heterocycles. The Balaban J connectivity index is 1.68. The Hall–Kier alpha value is -3.08. The van der Waals surface area contributed by atoms with Crippen molar-refractivity contribution < 1.29 is 4.79 Å². The third kappa shape index (κ3) is 1.95. The van der Waals surface area contributed by atoms with Crippen LogP contribution in [0.1, 0.15) is 10.5 Å². The van der Waals surface area contributed by atoms with Gasteiger partial charge < -0.3 is 10.3 Å². The van der Waals surface area contributed by atoms with Crippen molar-refractivity contribution in [2.75, 3.05) is 5.32 Å². The van der Waals surface area contributed by atoms with Crippen molar-refractivity contribution in [3.8, 4) is 0 Å². The second kappa shape index (κ2) is 4.49. The number of carbonyl (C=O) groups is 1. The lowest BCUT2D eigenvalue weighted by molar-refractivity contribution is 0.102. The first kappa shape index (κ1) is 11.7. The Morgan fingerprint density at radius 2 is 1.95 bits per heavy atom. The highest BCUT2D eigenvalue weighted by Crippen LogP contribution is 2.20. The fraction of sp³-hybridized carbons (Fsp3) is 0. The summed E-state index contributed by atoms with van der Waals surface area (Å²) in [7, 11) is 0. The molecule has 0 atom stereocenters. The lowest BCUT2D eigenvalue weighted by Crippen LogP contribution is -2.12. The molecule has 0 spiro atoms. The van der Waals surface area contributed by atoms with E-state index in [1.807, 2.05) is 54.7 Å². The summed E-state index contributed by atoms with van der Waals surface area (Å²) in [6.45, 7) is 0. The zero-order valence-electron chi connectivity index (χ0n) is 11.1. The monoisotopic (exact) mass is 276 g/mol. The van der Waals surface area contributed by atoms with Crippen molar-refractivity contribution in [2.45, 2.75) is 0 Å². The first-order valence-electron chi connectivity index (χ1n) is 6.63. The number of benzene rings is 2. The van der Waals surface area contributed by atoms with E-state index in [-0.39, 0.29) is 5.91 Å². The average molecular weight is 276 g/mol. The molecular formula is C16H12N4O. The van der Waals surface area contributed by atoms with Gasteiger partial charge in [-0.3, -0.25) is 9.89 Å². The number of H-pyrrole nitrogens is 2. The summed E-state index contributed by atoms with van der Waals surface area (Å²) in [5.74, 6) is -0.220. The highest BCUT2D eigenvalue weighted by molar-refractivity contribution is 6.11. The smallest absolute Gasteiger partial charge is 0.276 e. The van der Waals surface area contributed by atoms with Crippen molar-refractivity contribution in [1.82, 2.24) is 15.2 Å². The van der Waals surface area contributed by atoms with E-state index in [0.717, 1.165) is 27.5 Å². The van der Waals surface area contributed by atoms with Crippen LogP contribution in [0.5, 0.6) is 0 Å². The van der Waals surface area contributed by atoms with E-state index in [9.17, 15) is 4.79 Å². The van der Waals surface area contributed by atoms with E-state index < -0.39 is 0 Å². The van der Waals surface area contributed by atoms with E-state index >= 15 is 0 Å². The number of aromatic amines is 2. The van der Waals surface area contributed by atoms with Crippen LogP contribution < -0.4 is 5.32 Å². The van der Waals surface area contributed by atoms with Crippen molar-refractivity contribution >= 4 is 33.4 Å². The largest absolute Gasteiger partial charge is 0.361 e. The summed E-state index contributed by atoms with van der Waals surface area (Å²) in [6, 6.07) is 15.3. The highest BCUT2D eigenvalue weighted by atomic mass is 16.1. The maximum absolute atomic E-state index is 12.4. The predicted molar refractivity (Wildman–Crippen MR) is 82.3 cm³/mol. The number of hydrogen-bond acceptors (Lipinski definition) is 2. The molecule has 0 saturated heterocycles. The van der Waals surface area contributed by atoms with Gasteiger partial charge in [0.2, 0.25) is 0 Å². The van der Waals surface area contributed by atoms with Gasteiger partial charge in [0.1, 0.15) is 0 Å². The normalized spacial score (nSPS) is 11.0. The fourth-order valence-corrected chi connectivity index (χ4v) is 2.46. The molecule has 0 aliphatic carbocycles. The molecule has 2 heterocycles. The summed E-state index contributed by atoms with van der Waals surface area (Å²) in [5.41, 5.74) is 3.04. The summed E-state index contributed by atoms with van der Waals surface area (Å²) in [6.07, 6.45) is 1.87. The van der Waals surface area contributed by atoms with Gasteiger partial charge in [-0.1, -0.05) is 18.2 Å². The van der Waals surface area contributed by atoms with Crippen LogP contribution in [-0.2, 0) is 0 Å². The zero-order chi connectivity index (χ0) is 14.2. The first-order valence-corrected chi connectivity index (χ1v) is 6.63. The van der Waals surface area contributed by atoms with Gasteiger partial charge in [-0.2, -0.15) is 5.10 Å². The Kier molecular flexibility index (Phi) is 2.50. The molecule has 4 aromatic rings. The van der Waals surface area contributed by atoms with Crippen LogP contribution in [0.4, 0.5) is 5.69 Å². The first-order chi connectivity index (χ1) is 10.3. The molecule has 0 radical (unpaired) electrons. The van der Waals surface area contributed by atoms with Crippen LogP contribution in [0, 0.1) is 0 Å². The molecule has 21 heavy (non-hydrogen) atoms. The topological polar surface area (TPSA) is 73.6 Å². The lowest BCUT2D eigenvalue weighted by Gasteiger charge is -2.03. The number of anilines is 1. The minimum absolute atomic E-state index is 0.220. The number of rotatable bonds is 2. The van der Waals surface area contributed by atoms with Crippen LogP contribution in [0.25, 0.3) is 21.8 Å². The Morgan fingerprint density at radius 1 is 1.05 bits per heavy atom. The molecule has 1 amide bonds. The third-order valence-corrected chi connectivity index (χ3v) is 3.50. The van der Waals surface area contributed by atoms with Crippen molar-refractivity contribution in [2.24, 2.45) is 0 Å². The molecule has 2 aromatic heterocycles. The number of para-hydroxylation sites is 1. The number of aromatic nitrogens is 3. The van der Waals surface area contributed by atoms with Gasteiger partial charge in [-0.25, -0.2) is 0 Å². The van der Waals surface area contributed by atoms with Crippen LogP contribution in [0.2, 0.25) is 0 Å². The van der Waals surface area contributed by atoms with Gasteiger partial charge in [-0.15, -0.1) is 0 Å². The molecule has 0 bridgehead atoms. The summed E-state index contributed by atoms with van der Waals surface area (Å²) in [4.78, 5) is 15.5. The average Bonchev–Trinajstić information content (AvgIpc) is 3.13. The quantitative estimate of drug-likeness (QED) is 0.525. The van der Waals surface area contributed by atoms with Crippen molar-refractivity contribution in [3.63, 3.8) is 0 Å². The zero-order valence-corrected chi connectivity index (χ0v) is 11.1. The predicted octanol–water partition coefficient (Wildman–Crippen LogP) is 3.30. The third-order valence-electron chi connectivity index (χ3n) is 3.50. The number of fused-ring (bicyclic) bond motifs is 2. The minimum atomic E-state index is -0.220. The van der Waals surface area contributed by atoms with Gasteiger partial charge in [0.05, 0.1) is 5.52 Å². The highest BCUT2D eigenvalue weighted by Gasteiger charge is 2.13. The molecular weight excluding hydrogens is 264 g/mol. The molecule has 102 valence electrons. The molecule has 0 aliphatic rings. The molecule has 5 heteroatoms. The van der Waals surface area contributed by atoms with E-state index in [1.54, 1.807) is 0 Å². The Labute approximate surface area is 120 Å². The van der Waals surface area contributed by atoms with Gasteiger partial charge >= 0.3 is 0 Å². The summed E-state index contributed by atoms with van der Waals surface area (Å²) >= 11 is 0. The number of nitrogens with one attached hydrogen (secondary N) is 3. The SMILES string of the molecule is O=C(Nc1ccc2[nH]ccc2c1)c1n[nH]c2ccccc12. The number of hydrogen-bond donors (Lipinski definition) is 3. The second-order valence-electron chi connectivity index (χ2n) is 4.85. The van der Waals surface area contributed by atoms with Crippen LogP contribution in [0.3, 0.4) is 0 Å². The van der Waals surface area contributed by atoms with Crippen LogP contribution in [0.15, 0.2) is 54.7 Å². The van der Waals surface area contributed by atoms with Gasteiger partial charge in [0.15, 0.2) is 5.69 Å². The van der Waals surface area contributed by atoms with E-state index in [2.05, 4.69) is 20.5 Å². The van der Waals surface area contributed by atoms with E-state index in [4.69, 9.17) is 0 Å². The summed E-state index contributed by atoms with van der Waals surface area (Å²) < 4.78 is 0. The van der Waals surface area contributed by atoms with Gasteiger partial charge in [0.25, 0.3) is 5.91 Å². The van der Waals surface area contributed by atoms with Gasteiger partial charge in [-0.05, 0) is 30.3 Å². The number of carbonyl (C=O) groups excluding carboxylic acids is 1. The maximum Gasteiger partial charge on any atom is 0.276 e. The van der Waals surface area contributed by atoms with E-state index in [1.165, 1.54) is 0 Å². The maximum atomic E-state index is 12.4. The van der Waals surface area contributed by atoms with Crippen molar-refractivity contribution in [1.29, 1.82) is 0 Å². The Bertz CT molecular complexity index is 951. The van der Waals surface area contributed by atoms with Gasteiger partial charge in [0, 0.05) is 28.2 Å². The summed E-state index contributed by atoms with van der Waals surface area (Å²) in [5, 5.41) is 11.7. The Morgan fingerprint density at radius 3 is 2.90 bits per heavy atom. The molecule has 3 N–H and O–H groups in total. The second-order valence-corrected chi connectivity index (χ2v) is 4.85. The van der Waals surface area contributed by atoms with E-state index in [0.29, 0.717) is 5.69 Å².